The lowest BCUT2D eigenvalue weighted by Crippen LogP contribution is -2.49. The van der Waals surface area contributed by atoms with Gasteiger partial charge in [-0.1, -0.05) is 18.0 Å². The highest BCUT2D eigenvalue weighted by atomic mass is 35.5. The molecule has 11 heteroatoms. The van der Waals surface area contributed by atoms with Crippen molar-refractivity contribution in [2.24, 2.45) is 0 Å². The van der Waals surface area contributed by atoms with Crippen LogP contribution in [-0.4, -0.2) is 51.2 Å². The van der Waals surface area contributed by atoms with E-state index in [1.807, 2.05) is 6.07 Å². The van der Waals surface area contributed by atoms with E-state index in [1.165, 1.54) is 6.20 Å². The number of halogens is 4. The molecule has 0 bridgehead atoms. The van der Waals surface area contributed by atoms with Gasteiger partial charge in [-0.15, -0.1) is 5.10 Å². The second-order valence-corrected chi connectivity index (χ2v) is 7.52. The summed E-state index contributed by atoms with van der Waals surface area (Å²) >= 11 is 6.20. The van der Waals surface area contributed by atoms with Crippen LogP contribution in [0.2, 0.25) is 5.02 Å². The maximum absolute atomic E-state index is 13.9. The van der Waals surface area contributed by atoms with Crippen molar-refractivity contribution in [3.05, 3.63) is 22.5 Å². The monoisotopic (exact) mass is 415 g/mol. The summed E-state index contributed by atoms with van der Waals surface area (Å²) in [6, 6.07) is 1.42. The summed E-state index contributed by atoms with van der Waals surface area (Å²) in [4.78, 5) is 4.10. The van der Waals surface area contributed by atoms with Crippen molar-refractivity contribution in [3.63, 3.8) is 0 Å². The summed E-state index contributed by atoms with van der Waals surface area (Å²) in [5, 5.41) is 26.5. The maximum atomic E-state index is 13.9. The van der Waals surface area contributed by atoms with Gasteiger partial charge in [-0.3, -0.25) is 0 Å². The predicted molar refractivity (Wildman–Crippen MR) is 93.1 cm³/mol. The Hall–Kier alpha value is -2.09. The quantitative estimate of drug-likeness (QED) is 0.800. The molecule has 2 atom stereocenters. The lowest BCUT2D eigenvalue weighted by atomic mass is 9.65. The molecule has 2 aliphatic rings. The first kappa shape index (κ1) is 19.2. The molecule has 0 aromatic carbocycles. The fourth-order valence-corrected chi connectivity index (χ4v) is 4.12. The average molecular weight is 416 g/mol. The van der Waals surface area contributed by atoms with Crippen LogP contribution in [0.15, 0.2) is 6.20 Å². The minimum absolute atomic E-state index is 0.0486. The Morgan fingerprint density at radius 1 is 1.43 bits per heavy atom. The Bertz CT molecular complexity index is 951. The van der Waals surface area contributed by atoms with Crippen LogP contribution in [0.5, 0.6) is 0 Å². The average Bonchev–Trinajstić information content (AvgIpc) is 2.87. The summed E-state index contributed by atoms with van der Waals surface area (Å²) in [6.07, 6.45) is -3.39. The van der Waals surface area contributed by atoms with Gasteiger partial charge in [0.05, 0.1) is 41.2 Å². The summed E-state index contributed by atoms with van der Waals surface area (Å²) < 4.78 is 48.1. The molecule has 150 valence electrons. The standard InChI is InChI=1S/C17H17ClF3N5O2/c18-13-9(6-22)14(16(3-1-4-16)17(19,20)21)26-11(13)7-23-15(25-26)24-10-2-5-28-8-12(10)27/h7,10,12,27H,1-5,8H2,(H,24,25)/t10-,12-/m1/s1. The summed E-state index contributed by atoms with van der Waals surface area (Å²) in [5.41, 5.74) is -2.48. The Balaban J connectivity index is 1.83. The smallest absolute Gasteiger partial charge is 0.389 e. The Kier molecular flexibility index (Phi) is 4.64. The van der Waals surface area contributed by atoms with Gasteiger partial charge in [0.15, 0.2) is 0 Å². The molecule has 2 aromatic heterocycles. The van der Waals surface area contributed by atoms with Crippen LogP contribution in [-0.2, 0) is 10.2 Å². The minimum Gasteiger partial charge on any atom is -0.389 e. The molecule has 4 rings (SSSR count). The summed E-state index contributed by atoms with van der Waals surface area (Å²) in [7, 11) is 0. The number of hydrogen-bond acceptors (Lipinski definition) is 6. The van der Waals surface area contributed by atoms with E-state index >= 15 is 0 Å². The second-order valence-electron chi connectivity index (χ2n) is 7.14. The Labute approximate surface area is 163 Å². The largest absolute Gasteiger partial charge is 0.399 e. The molecular weight excluding hydrogens is 399 g/mol. The van der Waals surface area contributed by atoms with Crippen LogP contribution in [0.3, 0.4) is 0 Å². The van der Waals surface area contributed by atoms with Crippen molar-refractivity contribution in [2.75, 3.05) is 18.5 Å². The van der Waals surface area contributed by atoms with Crippen molar-refractivity contribution >= 4 is 23.1 Å². The van der Waals surface area contributed by atoms with Gasteiger partial charge in [0.1, 0.15) is 17.0 Å². The Morgan fingerprint density at radius 2 is 2.18 bits per heavy atom. The third-order valence-electron chi connectivity index (χ3n) is 5.58. The SMILES string of the molecule is N#Cc1c(Cl)c2cnc(N[C@@H]3CCOC[C@H]3O)nn2c1C1(C(F)(F)F)CCC1. The van der Waals surface area contributed by atoms with Gasteiger partial charge in [0.2, 0.25) is 5.95 Å². The van der Waals surface area contributed by atoms with Crippen molar-refractivity contribution in [1.29, 1.82) is 5.26 Å². The summed E-state index contributed by atoms with van der Waals surface area (Å²) in [6.45, 7) is 0.587. The highest BCUT2D eigenvalue weighted by Crippen LogP contribution is 2.56. The lowest BCUT2D eigenvalue weighted by Gasteiger charge is -2.42. The van der Waals surface area contributed by atoms with Crippen molar-refractivity contribution in [2.45, 2.75) is 49.4 Å². The molecule has 1 aliphatic heterocycles. The molecule has 0 radical (unpaired) electrons. The number of fused-ring (bicyclic) bond motifs is 1. The van der Waals surface area contributed by atoms with E-state index in [2.05, 4.69) is 15.4 Å². The van der Waals surface area contributed by atoms with E-state index in [0.29, 0.717) is 19.4 Å². The van der Waals surface area contributed by atoms with E-state index in [0.717, 1.165) is 4.52 Å². The zero-order valence-electron chi connectivity index (χ0n) is 14.6. The van der Waals surface area contributed by atoms with Crippen LogP contribution in [0.4, 0.5) is 19.1 Å². The molecule has 1 saturated heterocycles. The molecule has 3 heterocycles. The number of aliphatic hydroxyl groups excluding tert-OH is 1. The van der Waals surface area contributed by atoms with E-state index < -0.39 is 23.7 Å². The van der Waals surface area contributed by atoms with E-state index in [4.69, 9.17) is 16.3 Å². The second kappa shape index (κ2) is 6.76. The number of nitrogens with zero attached hydrogens (tertiary/aromatic N) is 4. The zero-order valence-corrected chi connectivity index (χ0v) is 15.4. The molecule has 2 fully saturated rings. The molecule has 28 heavy (non-hydrogen) atoms. The van der Waals surface area contributed by atoms with Gasteiger partial charge in [-0.05, 0) is 19.3 Å². The molecule has 1 saturated carbocycles. The molecule has 0 spiro atoms. The minimum atomic E-state index is -4.54. The number of nitrogens with one attached hydrogen (secondary N) is 1. The van der Waals surface area contributed by atoms with Crippen LogP contribution in [0.1, 0.15) is 36.9 Å². The van der Waals surface area contributed by atoms with Gasteiger partial charge in [-0.25, -0.2) is 9.50 Å². The first-order valence-electron chi connectivity index (χ1n) is 8.85. The number of ether oxygens (including phenoxy) is 1. The van der Waals surface area contributed by atoms with Crippen LogP contribution in [0, 0.1) is 11.3 Å². The highest BCUT2D eigenvalue weighted by Gasteiger charge is 2.62. The number of aromatic nitrogens is 3. The highest BCUT2D eigenvalue weighted by molar-refractivity contribution is 6.35. The van der Waals surface area contributed by atoms with Gasteiger partial charge < -0.3 is 15.2 Å². The predicted octanol–water partition coefficient (Wildman–Crippen LogP) is 2.80. The third kappa shape index (κ3) is 2.80. The van der Waals surface area contributed by atoms with Gasteiger partial charge in [0, 0.05) is 6.61 Å². The number of hydrogen-bond donors (Lipinski definition) is 2. The molecular formula is C17H17ClF3N5O2. The molecule has 2 aromatic rings. The lowest BCUT2D eigenvalue weighted by molar-refractivity contribution is -0.214. The van der Waals surface area contributed by atoms with Crippen LogP contribution < -0.4 is 5.32 Å². The van der Waals surface area contributed by atoms with Crippen LogP contribution in [0.25, 0.3) is 5.52 Å². The Morgan fingerprint density at radius 3 is 2.75 bits per heavy atom. The van der Waals surface area contributed by atoms with E-state index in [-0.39, 0.29) is 47.2 Å². The first-order chi connectivity index (χ1) is 13.3. The van der Waals surface area contributed by atoms with Gasteiger partial charge in [-0.2, -0.15) is 18.4 Å². The van der Waals surface area contributed by atoms with Crippen molar-refractivity contribution in [1.82, 2.24) is 14.6 Å². The number of nitriles is 1. The number of anilines is 1. The molecule has 0 amide bonds. The van der Waals surface area contributed by atoms with E-state index in [1.54, 1.807) is 0 Å². The maximum Gasteiger partial charge on any atom is 0.399 e. The van der Waals surface area contributed by atoms with Gasteiger partial charge >= 0.3 is 6.18 Å². The molecule has 1 aliphatic carbocycles. The van der Waals surface area contributed by atoms with Crippen molar-refractivity contribution in [3.8, 4) is 6.07 Å². The number of aliphatic hydroxyl groups is 1. The molecule has 7 nitrogen and oxygen atoms in total. The van der Waals surface area contributed by atoms with Crippen LogP contribution >= 0.6 is 11.6 Å². The number of alkyl halides is 3. The fourth-order valence-electron chi connectivity index (χ4n) is 3.86. The topological polar surface area (TPSA) is 95.5 Å². The van der Waals surface area contributed by atoms with Gasteiger partial charge in [0.25, 0.3) is 0 Å². The fraction of sp³-hybridized carbons (Fsp3) is 0.588. The van der Waals surface area contributed by atoms with Crippen molar-refractivity contribution < 1.29 is 23.0 Å². The normalized spacial score (nSPS) is 24.6. The number of rotatable bonds is 3. The molecule has 0 unspecified atom stereocenters. The van der Waals surface area contributed by atoms with E-state index in [9.17, 15) is 23.5 Å². The third-order valence-corrected chi connectivity index (χ3v) is 5.96. The zero-order chi connectivity index (χ0) is 20.1. The summed E-state index contributed by atoms with van der Waals surface area (Å²) in [5.74, 6) is 0.0486. The first-order valence-corrected chi connectivity index (χ1v) is 9.23. The molecule has 2 N–H and O–H groups in total.